The van der Waals surface area contributed by atoms with Crippen molar-refractivity contribution in [1.29, 1.82) is 0 Å². The van der Waals surface area contributed by atoms with Gasteiger partial charge in [-0.15, -0.1) is 0 Å². The van der Waals surface area contributed by atoms with Crippen LogP contribution in [0.4, 0.5) is 0 Å². The van der Waals surface area contributed by atoms with Crippen LogP contribution in [0.15, 0.2) is 18.2 Å². The third kappa shape index (κ3) is 3.21. The van der Waals surface area contributed by atoms with Gasteiger partial charge in [-0.05, 0) is 56.0 Å². The number of likely N-dealkylation sites (tertiary alicyclic amines) is 1. The number of ether oxygens (including phenoxy) is 1. The van der Waals surface area contributed by atoms with E-state index in [2.05, 4.69) is 5.32 Å². The van der Waals surface area contributed by atoms with Gasteiger partial charge in [0, 0.05) is 17.1 Å². The normalized spacial score (nSPS) is 22.6. The van der Waals surface area contributed by atoms with Crippen molar-refractivity contribution >= 4 is 23.5 Å². The molecule has 130 valence electrons. The molecule has 0 saturated carbocycles. The fraction of sp³-hybridized carbons (Fsp3) is 0.529. The number of aliphatic carboxylic acids is 1. The Morgan fingerprint density at radius 1 is 1.33 bits per heavy atom. The molecule has 1 aromatic rings. The summed E-state index contributed by atoms with van der Waals surface area (Å²) in [4.78, 5) is 26.1. The highest BCUT2D eigenvalue weighted by Crippen LogP contribution is 2.42. The summed E-state index contributed by atoms with van der Waals surface area (Å²) in [6.45, 7) is 2.19. The number of hydrogen-bond donors (Lipinski definition) is 2. The fourth-order valence-electron chi connectivity index (χ4n) is 3.78. The van der Waals surface area contributed by atoms with Crippen LogP contribution in [0.3, 0.4) is 0 Å². The Balaban J connectivity index is 1.89. The number of hydrogen-bond acceptors (Lipinski definition) is 4. The molecule has 2 fully saturated rings. The van der Waals surface area contributed by atoms with Crippen molar-refractivity contribution in [3.63, 3.8) is 0 Å². The van der Waals surface area contributed by atoms with Crippen LogP contribution in [-0.4, -0.2) is 54.7 Å². The third-order valence-corrected chi connectivity index (χ3v) is 5.29. The fourth-order valence-corrected chi connectivity index (χ4v) is 4.00. The number of carboxylic acid groups (broad SMARTS) is 1. The zero-order valence-electron chi connectivity index (χ0n) is 13.5. The maximum Gasteiger partial charge on any atom is 0.326 e. The van der Waals surface area contributed by atoms with Gasteiger partial charge in [-0.3, -0.25) is 4.79 Å². The molecule has 2 saturated heterocycles. The molecule has 0 aromatic heterocycles. The number of carbonyl (C=O) groups is 2. The van der Waals surface area contributed by atoms with Gasteiger partial charge < -0.3 is 20.1 Å². The Morgan fingerprint density at radius 3 is 2.67 bits per heavy atom. The Kier molecular flexibility index (Phi) is 4.69. The summed E-state index contributed by atoms with van der Waals surface area (Å²) in [6.07, 6.45) is 2.28. The van der Waals surface area contributed by atoms with Crippen molar-refractivity contribution in [3.8, 4) is 5.75 Å². The number of rotatable bonds is 3. The Bertz CT molecular complexity index is 658. The van der Waals surface area contributed by atoms with Crippen molar-refractivity contribution in [2.24, 2.45) is 5.41 Å². The number of carbonyl (C=O) groups excluding carboxylic acids is 1. The summed E-state index contributed by atoms with van der Waals surface area (Å²) in [5.41, 5.74) is 0.253. The van der Waals surface area contributed by atoms with Crippen molar-refractivity contribution in [3.05, 3.63) is 28.8 Å². The Morgan fingerprint density at radius 2 is 2.04 bits per heavy atom. The number of halogens is 1. The minimum atomic E-state index is -0.951. The Hall–Kier alpha value is -1.79. The van der Waals surface area contributed by atoms with Crippen LogP contribution in [0.1, 0.15) is 29.6 Å². The molecule has 1 amide bonds. The highest BCUT2D eigenvalue weighted by molar-refractivity contribution is 6.31. The predicted molar refractivity (Wildman–Crippen MR) is 89.6 cm³/mol. The van der Waals surface area contributed by atoms with E-state index in [1.165, 1.54) is 12.0 Å². The first-order valence-corrected chi connectivity index (χ1v) is 8.41. The van der Waals surface area contributed by atoms with Crippen LogP contribution in [0.25, 0.3) is 0 Å². The SMILES string of the molecule is COc1cc(Cl)cc(C(=O)N2CC3(CCNCC3)CC2C(=O)O)c1. The van der Waals surface area contributed by atoms with Crippen LogP contribution >= 0.6 is 11.6 Å². The average molecular weight is 353 g/mol. The highest BCUT2D eigenvalue weighted by atomic mass is 35.5. The van der Waals surface area contributed by atoms with E-state index in [1.807, 2.05) is 0 Å². The molecule has 1 atom stereocenters. The van der Waals surface area contributed by atoms with Crippen molar-refractivity contribution in [1.82, 2.24) is 10.2 Å². The van der Waals surface area contributed by atoms with Gasteiger partial charge in [0.05, 0.1) is 7.11 Å². The van der Waals surface area contributed by atoms with E-state index in [-0.39, 0.29) is 11.3 Å². The zero-order valence-corrected chi connectivity index (χ0v) is 14.3. The van der Waals surface area contributed by atoms with Crippen molar-refractivity contribution in [2.75, 3.05) is 26.7 Å². The quantitative estimate of drug-likeness (QED) is 0.870. The summed E-state index contributed by atoms with van der Waals surface area (Å²) >= 11 is 6.05. The van der Waals surface area contributed by atoms with E-state index in [4.69, 9.17) is 16.3 Å². The largest absolute Gasteiger partial charge is 0.497 e. The first-order chi connectivity index (χ1) is 11.4. The van der Waals surface area contributed by atoms with E-state index in [1.54, 1.807) is 18.2 Å². The molecule has 7 heteroatoms. The zero-order chi connectivity index (χ0) is 17.3. The number of carboxylic acids is 1. The lowest BCUT2D eigenvalue weighted by Crippen LogP contribution is -2.42. The van der Waals surface area contributed by atoms with Crippen molar-refractivity contribution in [2.45, 2.75) is 25.3 Å². The molecule has 0 bridgehead atoms. The molecule has 1 aromatic carbocycles. The maximum absolute atomic E-state index is 12.9. The lowest BCUT2D eigenvalue weighted by Gasteiger charge is -2.33. The van der Waals surface area contributed by atoms with Gasteiger partial charge in [-0.1, -0.05) is 11.6 Å². The van der Waals surface area contributed by atoms with Crippen LogP contribution < -0.4 is 10.1 Å². The van der Waals surface area contributed by atoms with E-state index in [9.17, 15) is 14.7 Å². The molecule has 2 N–H and O–H groups in total. The summed E-state index contributed by atoms with van der Waals surface area (Å²) in [5, 5.41) is 13.3. The van der Waals surface area contributed by atoms with E-state index < -0.39 is 12.0 Å². The molecule has 2 heterocycles. The first kappa shape index (κ1) is 17.0. The number of methoxy groups -OCH3 is 1. The topological polar surface area (TPSA) is 78.9 Å². The van der Waals surface area contributed by atoms with Crippen LogP contribution in [-0.2, 0) is 4.79 Å². The number of piperidine rings is 1. The van der Waals surface area contributed by atoms with E-state index >= 15 is 0 Å². The molecule has 2 aliphatic rings. The van der Waals surface area contributed by atoms with Crippen molar-refractivity contribution < 1.29 is 19.4 Å². The summed E-state index contributed by atoms with van der Waals surface area (Å²) in [6, 6.07) is 3.98. The molecule has 3 rings (SSSR count). The van der Waals surface area contributed by atoms with Gasteiger partial charge in [0.2, 0.25) is 0 Å². The molecular weight excluding hydrogens is 332 g/mol. The molecule has 1 unspecified atom stereocenters. The predicted octanol–water partition coefficient (Wildman–Crippen LogP) is 2.02. The standard InChI is InChI=1S/C17H21ClN2O4/c1-24-13-7-11(6-12(18)8-13)15(21)20-10-17(2-4-19-5-3-17)9-14(20)16(22)23/h6-8,14,19H,2-5,9-10H2,1H3,(H,22,23). The van der Waals surface area contributed by atoms with Gasteiger partial charge in [-0.25, -0.2) is 4.79 Å². The molecular formula is C17H21ClN2O4. The molecule has 0 radical (unpaired) electrons. The molecule has 24 heavy (non-hydrogen) atoms. The highest BCUT2D eigenvalue weighted by Gasteiger charge is 2.49. The lowest BCUT2D eigenvalue weighted by molar-refractivity contribution is -0.141. The van der Waals surface area contributed by atoms with Gasteiger partial charge in [0.15, 0.2) is 0 Å². The minimum Gasteiger partial charge on any atom is -0.497 e. The van der Waals surface area contributed by atoms with Gasteiger partial charge >= 0.3 is 5.97 Å². The second-order valence-corrected chi connectivity index (χ2v) is 7.06. The van der Waals surface area contributed by atoms with Crippen LogP contribution in [0.5, 0.6) is 5.75 Å². The molecule has 0 aliphatic carbocycles. The summed E-state index contributed by atoms with van der Waals surface area (Å²) < 4.78 is 5.15. The van der Waals surface area contributed by atoms with Gasteiger partial charge in [0.1, 0.15) is 11.8 Å². The second kappa shape index (κ2) is 6.61. The maximum atomic E-state index is 12.9. The number of nitrogens with one attached hydrogen (secondary N) is 1. The molecule has 1 spiro atoms. The molecule has 2 aliphatic heterocycles. The van der Waals surface area contributed by atoms with Crippen LogP contribution in [0.2, 0.25) is 5.02 Å². The monoisotopic (exact) mass is 352 g/mol. The van der Waals surface area contributed by atoms with E-state index in [0.29, 0.717) is 29.3 Å². The number of nitrogens with zero attached hydrogens (tertiary/aromatic N) is 1. The first-order valence-electron chi connectivity index (χ1n) is 8.03. The van der Waals surface area contributed by atoms with E-state index in [0.717, 1.165) is 25.9 Å². The third-order valence-electron chi connectivity index (χ3n) is 5.07. The van der Waals surface area contributed by atoms with Gasteiger partial charge in [0.25, 0.3) is 5.91 Å². The molecule has 6 nitrogen and oxygen atoms in total. The Labute approximate surface area is 145 Å². The average Bonchev–Trinajstić information content (AvgIpc) is 2.93. The van der Waals surface area contributed by atoms with Gasteiger partial charge in [-0.2, -0.15) is 0 Å². The number of benzene rings is 1. The van der Waals surface area contributed by atoms with Crippen LogP contribution in [0, 0.1) is 5.41 Å². The number of amides is 1. The second-order valence-electron chi connectivity index (χ2n) is 6.62. The minimum absolute atomic E-state index is 0.105. The smallest absolute Gasteiger partial charge is 0.326 e. The summed E-state index contributed by atoms with van der Waals surface area (Å²) in [5.74, 6) is -0.778. The lowest BCUT2D eigenvalue weighted by atomic mass is 9.77. The summed E-state index contributed by atoms with van der Waals surface area (Å²) in [7, 11) is 1.50.